The Morgan fingerprint density at radius 2 is 1.93 bits per heavy atom. The minimum atomic E-state index is -0.316. The molecular formula is C22H24N4O2. The van der Waals surface area contributed by atoms with Crippen LogP contribution in [0.5, 0.6) is 5.75 Å². The SMILES string of the molecule is Cc1ccc(C(=O)NCc2cccnc2N(C)CCc2ccccn2)c(O)c1. The molecule has 0 spiro atoms. The summed E-state index contributed by atoms with van der Waals surface area (Å²) in [5.41, 5.74) is 3.10. The van der Waals surface area contributed by atoms with E-state index in [4.69, 9.17) is 0 Å². The van der Waals surface area contributed by atoms with Crippen molar-refractivity contribution in [1.29, 1.82) is 0 Å². The minimum absolute atomic E-state index is 0.0172. The van der Waals surface area contributed by atoms with Gasteiger partial charge in [-0.1, -0.05) is 18.2 Å². The minimum Gasteiger partial charge on any atom is -0.507 e. The fourth-order valence-corrected chi connectivity index (χ4v) is 2.95. The molecule has 2 aromatic heterocycles. The first kappa shape index (κ1) is 19.4. The van der Waals surface area contributed by atoms with Crippen LogP contribution in [-0.2, 0) is 13.0 Å². The summed E-state index contributed by atoms with van der Waals surface area (Å²) in [4.78, 5) is 23.3. The molecule has 0 saturated carbocycles. The number of amides is 1. The number of benzene rings is 1. The van der Waals surface area contributed by atoms with Gasteiger partial charge in [-0.3, -0.25) is 9.78 Å². The van der Waals surface area contributed by atoms with Gasteiger partial charge in [0, 0.05) is 50.2 Å². The molecule has 6 nitrogen and oxygen atoms in total. The van der Waals surface area contributed by atoms with Crippen molar-refractivity contribution in [1.82, 2.24) is 15.3 Å². The number of rotatable bonds is 7. The van der Waals surface area contributed by atoms with E-state index in [1.807, 2.05) is 44.3 Å². The van der Waals surface area contributed by atoms with Crippen LogP contribution >= 0.6 is 0 Å². The van der Waals surface area contributed by atoms with E-state index in [0.717, 1.165) is 35.6 Å². The number of carbonyl (C=O) groups is 1. The second-order valence-corrected chi connectivity index (χ2v) is 6.68. The van der Waals surface area contributed by atoms with Crippen molar-refractivity contribution < 1.29 is 9.90 Å². The summed E-state index contributed by atoms with van der Waals surface area (Å²) in [5, 5.41) is 12.9. The standard InChI is InChI=1S/C22H24N4O2/c1-16-8-9-19(20(27)14-16)22(28)25-15-17-6-5-12-24-21(17)26(2)13-10-18-7-3-4-11-23-18/h3-9,11-12,14,27H,10,13,15H2,1-2H3,(H,25,28). The number of aromatic nitrogens is 2. The fraction of sp³-hybridized carbons (Fsp3) is 0.227. The zero-order valence-electron chi connectivity index (χ0n) is 16.1. The van der Waals surface area contributed by atoms with Crippen LogP contribution in [0.2, 0.25) is 0 Å². The molecule has 28 heavy (non-hydrogen) atoms. The number of likely N-dealkylation sites (N-methyl/N-ethyl adjacent to an activating group) is 1. The van der Waals surface area contributed by atoms with Gasteiger partial charge in [-0.25, -0.2) is 4.98 Å². The highest BCUT2D eigenvalue weighted by Gasteiger charge is 2.13. The largest absolute Gasteiger partial charge is 0.507 e. The maximum absolute atomic E-state index is 12.4. The van der Waals surface area contributed by atoms with Crippen LogP contribution in [0.4, 0.5) is 5.82 Å². The van der Waals surface area contributed by atoms with E-state index >= 15 is 0 Å². The first-order valence-electron chi connectivity index (χ1n) is 9.17. The van der Waals surface area contributed by atoms with Crippen molar-refractivity contribution in [3.8, 4) is 5.75 Å². The third kappa shape index (κ3) is 4.85. The highest BCUT2D eigenvalue weighted by Crippen LogP contribution is 2.20. The van der Waals surface area contributed by atoms with Crippen molar-refractivity contribution in [3.63, 3.8) is 0 Å². The summed E-state index contributed by atoms with van der Waals surface area (Å²) in [7, 11) is 1.97. The van der Waals surface area contributed by atoms with Gasteiger partial charge in [0.2, 0.25) is 0 Å². The number of aryl methyl sites for hydroxylation is 1. The maximum Gasteiger partial charge on any atom is 0.255 e. The van der Waals surface area contributed by atoms with Gasteiger partial charge in [0.25, 0.3) is 5.91 Å². The average Bonchev–Trinajstić information content (AvgIpc) is 2.71. The first-order chi connectivity index (χ1) is 13.5. The molecule has 0 aliphatic carbocycles. The Morgan fingerprint density at radius 1 is 1.11 bits per heavy atom. The Kier molecular flexibility index (Phi) is 6.22. The van der Waals surface area contributed by atoms with Crippen molar-refractivity contribution in [2.75, 3.05) is 18.5 Å². The quantitative estimate of drug-likeness (QED) is 0.662. The number of carbonyl (C=O) groups excluding carboxylic acids is 1. The van der Waals surface area contributed by atoms with Crippen molar-refractivity contribution >= 4 is 11.7 Å². The van der Waals surface area contributed by atoms with Gasteiger partial charge in [-0.15, -0.1) is 0 Å². The normalized spacial score (nSPS) is 10.5. The van der Waals surface area contributed by atoms with E-state index in [-0.39, 0.29) is 17.2 Å². The van der Waals surface area contributed by atoms with Gasteiger partial charge in [0.05, 0.1) is 5.56 Å². The Hall–Kier alpha value is -3.41. The van der Waals surface area contributed by atoms with Crippen LogP contribution in [0.15, 0.2) is 60.9 Å². The number of phenolic OH excluding ortho intramolecular Hbond substituents is 1. The third-order valence-corrected chi connectivity index (χ3v) is 4.50. The number of pyridine rings is 2. The summed E-state index contributed by atoms with van der Waals surface area (Å²) < 4.78 is 0. The molecule has 0 radical (unpaired) electrons. The van der Waals surface area contributed by atoms with Crippen LogP contribution < -0.4 is 10.2 Å². The van der Waals surface area contributed by atoms with E-state index in [0.29, 0.717) is 6.54 Å². The summed E-state index contributed by atoms with van der Waals surface area (Å²) in [5.74, 6) is 0.478. The van der Waals surface area contributed by atoms with Crippen molar-refractivity contribution in [3.05, 3.63) is 83.3 Å². The third-order valence-electron chi connectivity index (χ3n) is 4.50. The second-order valence-electron chi connectivity index (χ2n) is 6.68. The van der Waals surface area contributed by atoms with Crippen LogP contribution in [-0.4, -0.2) is 34.6 Å². The van der Waals surface area contributed by atoms with Gasteiger partial charge < -0.3 is 15.3 Å². The smallest absolute Gasteiger partial charge is 0.255 e. The Balaban J connectivity index is 1.65. The predicted octanol–water partition coefficient (Wildman–Crippen LogP) is 3.10. The number of nitrogens with zero attached hydrogens (tertiary/aromatic N) is 3. The molecule has 1 aromatic carbocycles. The molecule has 2 heterocycles. The zero-order valence-corrected chi connectivity index (χ0v) is 16.1. The lowest BCUT2D eigenvalue weighted by Crippen LogP contribution is -2.27. The maximum atomic E-state index is 12.4. The number of hydrogen-bond acceptors (Lipinski definition) is 5. The molecule has 0 bridgehead atoms. The lowest BCUT2D eigenvalue weighted by Gasteiger charge is -2.21. The summed E-state index contributed by atoms with van der Waals surface area (Å²) in [6.45, 7) is 2.95. The molecule has 0 atom stereocenters. The number of phenols is 1. The summed E-state index contributed by atoms with van der Waals surface area (Å²) >= 11 is 0. The van der Waals surface area contributed by atoms with Crippen LogP contribution in [0.1, 0.15) is 27.2 Å². The average molecular weight is 376 g/mol. The number of anilines is 1. The monoisotopic (exact) mass is 376 g/mol. The van der Waals surface area contributed by atoms with Crippen LogP contribution in [0, 0.1) is 6.92 Å². The molecule has 144 valence electrons. The highest BCUT2D eigenvalue weighted by atomic mass is 16.3. The van der Waals surface area contributed by atoms with E-state index in [2.05, 4.69) is 20.2 Å². The van der Waals surface area contributed by atoms with Gasteiger partial charge >= 0.3 is 0 Å². The zero-order chi connectivity index (χ0) is 19.9. The number of hydrogen-bond donors (Lipinski definition) is 2. The van der Waals surface area contributed by atoms with Crippen LogP contribution in [0.3, 0.4) is 0 Å². The Morgan fingerprint density at radius 3 is 2.68 bits per heavy atom. The van der Waals surface area contributed by atoms with Gasteiger partial charge in [0.1, 0.15) is 11.6 Å². The topological polar surface area (TPSA) is 78.4 Å². The first-order valence-corrected chi connectivity index (χ1v) is 9.17. The van der Waals surface area contributed by atoms with Crippen LogP contribution in [0.25, 0.3) is 0 Å². The second kappa shape index (κ2) is 8.99. The van der Waals surface area contributed by atoms with Gasteiger partial charge in [0.15, 0.2) is 0 Å². The van der Waals surface area contributed by atoms with E-state index in [1.165, 1.54) is 0 Å². The van der Waals surface area contributed by atoms with E-state index in [9.17, 15) is 9.90 Å². The highest BCUT2D eigenvalue weighted by molar-refractivity contribution is 5.96. The molecule has 0 aliphatic rings. The molecule has 0 unspecified atom stereocenters. The van der Waals surface area contributed by atoms with Gasteiger partial charge in [-0.2, -0.15) is 0 Å². The molecule has 1 amide bonds. The molecule has 0 saturated heterocycles. The molecule has 2 N–H and O–H groups in total. The molecule has 3 rings (SSSR count). The van der Waals surface area contributed by atoms with Crippen molar-refractivity contribution in [2.45, 2.75) is 19.9 Å². The Bertz CT molecular complexity index is 944. The Labute approximate surface area is 164 Å². The summed E-state index contributed by atoms with van der Waals surface area (Å²) in [6.07, 6.45) is 4.33. The lowest BCUT2D eigenvalue weighted by atomic mass is 10.1. The summed E-state index contributed by atoms with van der Waals surface area (Å²) in [6, 6.07) is 14.7. The fourth-order valence-electron chi connectivity index (χ4n) is 2.95. The molecule has 0 fully saturated rings. The predicted molar refractivity (Wildman–Crippen MR) is 109 cm³/mol. The lowest BCUT2D eigenvalue weighted by molar-refractivity contribution is 0.0948. The van der Waals surface area contributed by atoms with E-state index < -0.39 is 0 Å². The molecule has 0 aliphatic heterocycles. The van der Waals surface area contributed by atoms with Gasteiger partial charge in [-0.05, 0) is 42.8 Å². The number of aromatic hydroxyl groups is 1. The number of nitrogens with one attached hydrogen (secondary N) is 1. The molecule has 3 aromatic rings. The van der Waals surface area contributed by atoms with E-state index in [1.54, 1.807) is 30.6 Å². The molecule has 6 heteroatoms. The molecular weight excluding hydrogens is 352 g/mol. The van der Waals surface area contributed by atoms with Crippen molar-refractivity contribution in [2.24, 2.45) is 0 Å².